The molecule has 0 bridgehead atoms. The Morgan fingerprint density at radius 3 is 1.19 bits per heavy atom. The van der Waals surface area contributed by atoms with Crippen molar-refractivity contribution in [3.63, 3.8) is 0 Å². The highest BCUT2D eigenvalue weighted by atomic mass is 16.7. The van der Waals surface area contributed by atoms with Gasteiger partial charge in [0.2, 0.25) is 0 Å². The number of rotatable bonds is 55. The molecule has 0 saturated carbocycles. The minimum absolute atomic E-state index is 0.147. The fraction of sp³-hybridized carbons (Fsp3) is 0.794. The summed E-state index contributed by atoms with van der Waals surface area (Å²) in [4.78, 5) is 37.3. The molecule has 0 aliphatic carbocycles. The molecule has 0 fully saturated rings. The minimum Gasteiger partial charge on any atom is -0.545 e. The standard InChI is InChI=1S/C63H113NO8/c1-6-8-10-12-14-16-18-20-22-24-25-26-27-28-29-30-31-32-33-34-35-36-37-38-40-42-44-46-48-50-52-54-61(66)72-59(58-71-63(62(67)68)69-56-55-64(3,4)5)57-70-60(65)53-51-49-47-45-43-41-39-23-21-19-17-15-13-11-9-7-2/h8,10,14,16,20,22-23,25-26,39,59,63H,6-7,9,11-13,15,17-19,21,24,27-38,40-58H2,1-5H3/b10-8-,16-14-,22-20-,26-25-,39-23-. The molecular formula is C63H113NO8. The van der Waals surface area contributed by atoms with Gasteiger partial charge in [-0.2, -0.15) is 0 Å². The molecule has 0 N–H and O–H groups in total. The van der Waals surface area contributed by atoms with E-state index in [1.54, 1.807) is 0 Å². The fourth-order valence-electron chi connectivity index (χ4n) is 8.41. The average molecular weight is 1010 g/mol. The van der Waals surface area contributed by atoms with Crippen LogP contribution in [0, 0.1) is 0 Å². The Labute approximate surface area is 444 Å². The molecule has 0 aromatic rings. The largest absolute Gasteiger partial charge is 0.545 e. The number of carboxylic acids is 1. The van der Waals surface area contributed by atoms with Crippen LogP contribution in [0.3, 0.4) is 0 Å². The van der Waals surface area contributed by atoms with Crippen molar-refractivity contribution in [1.29, 1.82) is 0 Å². The van der Waals surface area contributed by atoms with Crippen molar-refractivity contribution in [2.24, 2.45) is 0 Å². The SMILES string of the molecule is CC/C=C\C/C=C\C/C=C\C/C=C\CCCCCCCCCCCCCCCCCCCCC(=O)OC(COC(=O)CCCCCCC/C=C\CCCCCCCCC)COC(OCC[N+](C)(C)C)C(=O)[O-]. The third-order valence-electron chi connectivity index (χ3n) is 13.0. The van der Waals surface area contributed by atoms with E-state index < -0.39 is 24.3 Å². The predicted molar refractivity (Wildman–Crippen MR) is 302 cm³/mol. The summed E-state index contributed by atoms with van der Waals surface area (Å²) in [5, 5.41) is 11.8. The number of carbonyl (C=O) groups excluding carboxylic acids is 3. The third kappa shape index (κ3) is 54.8. The summed E-state index contributed by atoms with van der Waals surface area (Å²) in [5.41, 5.74) is 0. The highest BCUT2D eigenvalue weighted by molar-refractivity contribution is 5.70. The van der Waals surface area contributed by atoms with E-state index in [9.17, 15) is 19.5 Å². The van der Waals surface area contributed by atoms with Crippen LogP contribution in [0.2, 0.25) is 0 Å². The van der Waals surface area contributed by atoms with Crippen molar-refractivity contribution >= 4 is 17.9 Å². The lowest BCUT2D eigenvalue weighted by Crippen LogP contribution is -2.44. The van der Waals surface area contributed by atoms with Crippen molar-refractivity contribution in [3.8, 4) is 0 Å². The molecule has 0 aliphatic heterocycles. The van der Waals surface area contributed by atoms with Gasteiger partial charge in [0.1, 0.15) is 13.2 Å². The number of hydrogen-bond acceptors (Lipinski definition) is 8. The molecule has 0 spiro atoms. The summed E-state index contributed by atoms with van der Waals surface area (Å²) < 4.78 is 22.7. The summed E-state index contributed by atoms with van der Waals surface area (Å²) in [6, 6.07) is 0. The number of quaternary nitrogens is 1. The number of carbonyl (C=O) groups is 3. The van der Waals surface area contributed by atoms with Crippen molar-refractivity contribution in [2.75, 3.05) is 47.5 Å². The Hall–Kier alpha value is -3.01. The number of hydrogen-bond donors (Lipinski definition) is 0. The zero-order valence-corrected chi connectivity index (χ0v) is 47.5. The van der Waals surface area contributed by atoms with E-state index >= 15 is 0 Å². The maximum absolute atomic E-state index is 12.9. The van der Waals surface area contributed by atoms with E-state index in [4.69, 9.17) is 18.9 Å². The minimum atomic E-state index is -1.62. The lowest BCUT2D eigenvalue weighted by Gasteiger charge is -2.26. The van der Waals surface area contributed by atoms with Crippen LogP contribution in [-0.2, 0) is 33.3 Å². The molecule has 0 heterocycles. The Morgan fingerprint density at radius 2 is 0.792 bits per heavy atom. The number of unbranched alkanes of at least 4 members (excludes halogenated alkanes) is 30. The van der Waals surface area contributed by atoms with E-state index in [-0.39, 0.29) is 38.6 Å². The first-order valence-corrected chi connectivity index (χ1v) is 29.9. The zero-order valence-electron chi connectivity index (χ0n) is 47.5. The molecule has 0 rings (SSSR count). The Morgan fingerprint density at radius 1 is 0.431 bits per heavy atom. The second-order valence-electron chi connectivity index (χ2n) is 21.3. The van der Waals surface area contributed by atoms with Crippen LogP contribution in [0.5, 0.6) is 0 Å². The first kappa shape index (κ1) is 69.0. The maximum Gasteiger partial charge on any atom is 0.306 e. The molecule has 418 valence electrons. The van der Waals surface area contributed by atoms with Gasteiger partial charge in [0, 0.05) is 12.8 Å². The van der Waals surface area contributed by atoms with Gasteiger partial charge in [-0.05, 0) is 77.0 Å². The van der Waals surface area contributed by atoms with Gasteiger partial charge < -0.3 is 33.3 Å². The smallest absolute Gasteiger partial charge is 0.306 e. The van der Waals surface area contributed by atoms with Gasteiger partial charge in [0.15, 0.2) is 12.4 Å². The van der Waals surface area contributed by atoms with Crippen molar-refractivity contribution in [1.82, 2.24) is 0 Å². The summed E-state index contributed by atoms with van der Waals surface area (Å²) in [6.45, 7) is 4.65. The summed E-state index contributed by atoms with van der Waals surface area (Å²) >= 11 is 0. The Balaban J connectivity index is 4.13. The Kier molecular flexibility index (Phi) is 52.0. The Bertz CT molecular complexity index is 1360. The molecule has 2 unspecified atom stereocenters. The van der Waals surface area contributed by atoms with E-state index in [2.05, 4.69) is 74.6 Å². The maximum atomic E-state index is 12.9. The van der Waals surface area contributed by atoms with Crippen LogP contribution >= 0.6 is 0 Å². The van der Waals surface area contributed by atoms with Gasteiger partial charge in [-0.3, -0.25) is 9.59 Å². The molecule has 0 amide bonds. The quantitative estimate of drug-likeness (QED) is 0.0195. The van der Waals surface area contributed by atoms with Gasteiger partial charge in [0.25, 0.3) is 0 Å². The van der Waals surface area contributed by atoms with Crippen LogP contribution in [0.4, 0.5) is 0 Å². The normalized spacial score (nSPS) is 13.2. The molecule has 9 heteroatoms. The number of nitrogens with zero attached hydrogens (tertiary/aromatic N) is 1. The van der Waals surface area contributed by atoms with E-state index in [1.807, 2.05) is 21.1 Å². The number of ether oxygens (including phenoxy) is 4. The topological polar surface area (TPSA) is 111 Å². The summed E-state index contributed by atoms with van der Waals surface area (Å²) in [5.74, 6) is -2.28. The van der Waals surface area contributed by atoms with Crippen molar-refractivity contribution < 1.29 is 42.9 Å². The first-order valence-electron chi connectivity index (χ1n) is 29.9. The highest BCUT2D eigenvalue weighted by Gasteiger charge is 2.22. The molecule has 0 aliphatic rings. The molecule has 0 aromatic carbocycles. The zero-order chi connectivity index (χ0) is 52.7. The van der Waals surface area contributed by atoms with Crippen LogP contribution in [-0.4, -0.2) is 82.3 Å². The van der Waals surface area contributed by atoms with Gasteiger partial charge in [0.05, 0.1) is 40.3 Å². The lowest BCUT2D eigenvalue weighted by atomic mass is 10.0. The van der Waals surface area contributed by atoms with Crippen molar-refractivity contribution in [3.05, 3.63) is 60.8 Å². The number of likely N-dealkylation sites (N-methyl/N-ethyl adjacent to an activating group) is 1. The van der Waals surface area contributed by atoms with Crippen molar-refractivity contribution in [2.45, 2.75) is 277 Å². The second-order valence-corrected chi connectivity index (χ2v) is 21.3. The number of allylic oxidation sites excluding steroid dienone is 10. The summed E-state index contributed by atoms with van der Waals surface area (Å²) in [7, 11) is 5.92. The number of carboxylic acid groups (broad SMARTS) is 1. The van der Waals surface area contributed by atoms with Gasteiger partial charge in [-0.25, -0.2) is 0 Å². The monoisotopic (exact) mass is 1010 g/mol. The highest BCUT2D eigenvalue weighted by Crippen LogP contribution is 2.17. The molecule has 0 radical (unpaired) electrons. The van der Waals surface area contributed by atoms with Gasteiger partial charge >= 0.3 is 11.9 Å². The molecule has 0 saturated heterocycles. The number of esters is 2. The first-order chi connectivity index (χ1) is 35.1. The van der Waals surface area contributed by atoms with Crippen LogP contribution < -0.4 is 5.11 Å². The van der Waals surface area contributed by atoms with Crippen LogP contribution in [0.25, 0.3) is 0 Å². The molecule has 2 atom stereocenters. The van der Waals surface area contributed by atoms with E-state index in [1.165, 1.54) is 154 Å². The average Bonchev–Trinajstić information content (AvgIpc) is 3.35. The second kappa shape index (κ2) is 54.3. The van der Waals surface area contributed by atoms with Gasteiger partial charge in [-0.1, -0.05) is 235 Å². The third-order valence-corrected chi connectivity index (χ3v) is 13.0. The molecule has 72 heavy (non-hydrogen) atoms. The lowest BCUT2D eigenvalue weighted by molar-refractivity contribution is -0.870. The summed E-state index contributed by atoms with van der Waals surface area (Å²) in [6.07, 6.45) is 65.6. The van der Waals surface area contributed by atoms with E-state index in [0.717, 1.165) is 77.0 Å². The number of aliphatic carboxylic acids is 1. The molecule has 9 nitrogen and oxygen atoms in total. The predicted octanol–water partition coefficient (Wildman–Crippen LogP) is 16.3. The molecular weight excluding hydrogens is 899 g/mol. The van der Waals surface area contributed by atoms with Gasteiger partial charge in [-0.15, -0.1) is 0 Å². The molecule has 0 aromatic heterocycles. The van der Waals surface area contributed by atoms with E-state index in [0.29, 0.717) is 17.4 Å². The van der Waals surface area contributed by atoms with Crippen LogP contribution in [0.15, 0.2) is 60.8 Å². The fourth-order valence-corrected chi connectivity index (χ4v) is 8.41. The van der Waals surface area contributed by atoms with Crippen LogP contribution in [0.1, 0.15) is 264 Å².